The van der Waals surface area contributed by atoms with Crippen LogP contribution >= 0.6 is 0 Å². The minimum atomic E-state index is -3.34. The van der Waals surface area contributed by atoms with E-state index < -0.39 is 15.7 Å². The van der Waals surface area contributed by atoms with E-state index >= 15 is 0 Å². The zero-order chi connectivity index (χ0) is 22.9. The minimum absolute atomic E-state index is 0.0500. The molecule has 0 saturated heterocycles. The lowest BCUT2D eigenvalue weighted by Crippen LogP contribution is -2.21. The molecule has 0 fully saturated rings. The number of nitrogens with two attached hydrogens (primary N) is 1. The molecule has 7 nitrogen and oxygen atoms in total. The number of rotatable bonds is 6. The third kappa shape index (κ3) is 4.67. The van der Waals surface area contributed by atoms with Gasteiger partial charge >= 0.3 is 0 Å². The Balaban J connectivity index is 2.27. The third-order valence-electron chi connectivity index (χ3n) is 4.94. The van der Waals surface area contributed by atoms with E-state index in [1.807, 2.05) is 0 Å². The molecule has 0 spiro atoms. The molecule has 0 atom stereocenters. The van der Waals surface area contributed by atoms with E-state index in [-0.39, 0.29) is 23.9 Å². The van der Waals surface area contributed by atoms with Crippen LogP contribution in [0.1, 0.15) is 16.2 Å². The number of nitrogens with zero attached hydrogens (tertiary/aromatic N) is 3. The Labute approximate surface area is 180 Å². The number of aryl methyl sites for hydroxylation is 1. The number of sulfone groups is 1. The normalized spacial score (nSPS) is 12.4. The first-order valence-electron chi connectivity index (χ1n) is 9.60. The van der Waals surface area contributed by atoms with E-state index in [4.69, 9.17) is 5.73 Å². The number of amides is 1. The molecule has 0 unspecified atom stereocenters. The van der Waals surface area contributed by atoms with Crippen molar-refractivity contribution in [1.29, 1.82) is 0 Å². The van der Waals surface area contributed by atoms with Gasteiger partial charge in [0.25, 0.3) is 5.91 Å². The van der Waals surface area contributed by atoms with Crippen LogP contribution < -0.4 is 5.73 Å². The molecule has 0 aliphatic rings. The second-order valence-corrected chi connectivity index (χ2v) is 9.54. The molecule has 1 aromatic heterocycles. The zero-order valence-electron chi connectivity index (χ0n) is 17.9. The maximum atomic E-state index is 14.2. The lowest BCUT2D eigenvalue weighted by molar-refractivity contribution is 0.0827. The van der Waals surface area contributed by atoms with E-state index in [1.165, 1.54) is 23.1 Å². The average Bonchev–Trinajstić information content (AvgIpc) is 3.01. The van der Waals surface area contributed by atoms with Gasteiger partial charge in [0, 0.05) is 38.0 Å². The van der Waals surface area contributed by atoms with Gasteiger partial charge in [0.2, 0.25) is 0 Å². The predicted octanol–water partition coefficient (Wildman–Crippen LogP) is 2.93. The highest BCUT2D eigenvalue weighted by molar-refractivity contribution is 7.90. The predicted molar refractivity (Wildman–Crippen MR) is 119 cm³/mol. The van der Waals surface area contributed by atoms with Crippen molar-refractivity contribution < 1.29 is 17.6 Å². The van der Waals surface area contributed by atoms with Gasteiger partial charge in [-0.25, -0.2) is 17.8 Å². The van der Waals surface area contributed by atoms with Gasteiger partial charge in [0.1, 0.15) is 11.7 Å². The van der Waals surface area contributed by atoms with Crippen molar-refractivity contribution in [2.24, 2.45) is 5.73 Å². The molecule has 3 aromatic rings. The maximum Gasteiger partial charge on any atom is 0.253 e. The molecule has 9 heteroatoms. The number of carbonyl (C=O) groups is 1. The number of carbonyl (C=O) groups excluding carboxylic acids is 1. The summed E-state index contributed by atoms with van der Waals surface area (Å²) in [5.74, 6) is -0.0217. The van der Waals surface area contributed by atoms with Gasteiger partial charge in [0.05, 0.1) is 22.5 Å². The van der Waals surface area contributed by atoms with Crippen LogP contribution in [0.15, 0.2) is 53.2 Å². The number of hydrogen-bond acceptors (Lipinski definition) is 5. The van der Waals surface area contributed by atoms with Crippen LogP contribution in [0, 0.1) is 6.92 Å². The largest absolute Gasteiger partial charge is 0.345 e. The smallest absolute Gasteiger partial charge is 0.253 e. The fourth-order valence-electron chi connectivity index (χ4n) is 3.37. The molecule has 0 aliphatic carbocycles. The van der Waals surface area contributed by atoms with Crippen molar-refractivity contribution in [2.45, 2.75) is 18.4 Å². The molecule has 3 rings (SSSR count). The summed E-state index contributed by atoms with van der Waals surface area (Å²) in [6.07, 6.45) is 2.44. The van der Waals surface area contributed by atoms with Crippen LogP contribution in [0.2, 0.25) is 0 Å². The molecular formula is C22H25FN4O3S. The summed E-state index contributed by atoms with van der Waals surface area (Å²) in [7, 11) is -0.0331. The highest BCUT2D eigenvalue weighted by Crippen LogP contribution is 2.32. The standard InChI is InChI=1S/C22H25FN4O3S/c1-14-25-21-19(15-5-7-18(8-6-15)31(4,29)30)11-16(22(28)26(2)3)12-20(21)27(14)13-17(23)9-10-24/h5-9,11-12H,10,13,24H2,1-4H3/b17-9-. The Bertz CT molecular complexity index is 1280. The number of benzene rings is 2. The summed E-state index contributed by atoms with van der Waals surface area (Å²) < 4.78 is 39.5. The van der Waals surface area contributed by atoms with Gasteiger partial charge in [-0.15, -0.1) is 0 Å². The van der Waals surface area contributed by atoms with Gasteiger partial charge in [-0.1, -0.05) is 12.1 Å². The van der Waals surface area contributed by atoms with E-state index in [1.54, 1.807) is 49.9 Å². The number of allylic oxidation sites excluding steroid dienone is 1. The number of aromatic nitrogens is 2. The fourth-order valence-corrected chi connectivity index (χ4v) is 4.00. The van der Waals surface area contributed by atoms with E-state index in [2.05, 4.69) is 4.98 Å². The van der Waals surface area contributed by atoms with Gasteiger partial charge in [-0.2, -0.15) is 0 Å². The average molecular weight is 445 g/mol. The molecule has 1 amide bonds. The topological polar surface area (TPSA) is 98.3 Å². The highest BCUT2D eigenvalue weighted by Gasteiger charge is 2.19. The summed E-state index contributed by atoms with van der Waals surface area (Å²) in [6, 6.07) is 9.82. The summed E-state index contributed by atoms with van der Waals surface area (Å²) in [5.41, 5.74) is 8.40. The van der Waals surface area contributed by atoms with Gasteiger partial charge in [-0.05, 0) is 42.8 Å². The second kappa shape index (κ2) is 8.60. The molecule has 31 heavy (non-hydrogen) atoms. The van der Waals surface area contributed by atoms with E-state index in [0.29, 0.717) is 33.5 Å². The monoisotopic (exact) mass is 444 g/mol. The fraction of sp³-hybridized carbons (Fsp3) is 0.273. The van der Waals surface area contributed by atoms with Crippen molar-refractivity contribution in [1.82, 2.24) is 14.5 Å². The Morgan fingerprint density at radius 1 is 1.23 bits per heavy atom. The van der Waals surface area contributed by atoms with Crippen LogP contribution in [-0.4, -0.2) is 55.7 Å². The SMILES string of the molecule is Cc1nc2c(-c3ccc(S(C)(=O)=O)cc3)cc(C(=O)N(C)C)cc2n1C/C(F)=C/CN. The molecular weight excluding hydrogens is 419 g/mol. The van der Waals surface area contributed by atoms with Crippen molar-refractivity contribution in [2.75, 3.05) is 26.9 Å². The molecule has 164 valence electrons. The Kier molecular flexibility index (Phi) is 6.28. The number of fused-ring (bicyclic) bond motifs is 1. The van der Waals surface area contributed by atoms with Gasteiger partial charge < -0.3 is 15.2 Å². The van der Waals surface area contributed by atoms with Crippen molar-refractivity contribution in [3.8, 4) is 11.1 Å². The molecule has 0 radical (unpaired) electrons. The van der Waals surface area contributed by atoms with Gasteiger partial charge in [-0.3, -0.25) is 4.79 Å². The van der Waals surface area contributed by atoms with Crippen molar-refractivity contribution in [3.05, 3.63) is 59.7 Å². The van der Waals surface area contributed by atoms with Gasteiger partial charge in [0.15, 0.2) is 9.84 Å². The number of halogens is 1. The first-order chi connectivity index (χ1) is 14.5. The van der Waals surface area contributed by atoms with Crippen molar-refractivity contribution >= 4 is 26.8 Å². The lowest BCUT2D eigenvalue weighted by Gasteiger charge is -2.13. The minimum Gasteiger partial charge on any atom is -0.345 e. The zero-order valence-corrected chi connectivity index (χ0v) is 18.7. The Hall–Kier alpha value is -3.04. The van der Waals surface area contributed by atoms with Crippen LogP contribution in [0.25, 0.3) is 22.2 Å². The summed E-state index contributed by atoms with van der Waals surface area (Å²) in [4.78, 5) is 19.0. The van der Waals surface area contributed by atoms with Crippen LogP contribution in [0.5, 0.6) is 0 Å². The second-order valence-electron chi connectivity index (χ2n) is 7.52. The first-order valence-corrected chi connectivity index (χ1v) is 11.5. The van der Waals surface area contributed by atoms with E-state index in [0.717, 1.165) is 6.26 Å². The molecule has 1 heterocycles. The first kappa shape index (κ1) is 22.6. The van der Waals surface area contributed by atoms with Crippen LogP contribution in [0.3, 0.4) is 0 Å². The Morgan fingerprint density at radius 2 is 1.87 bits per heavy atom. The molecule has 2 N–H and O–H groups in total. The highest BCUT2D eigenvalue weighted by atomic mass is 32.2. The maximum absolute atomic E-state index is 14.2. The quantitative estimate of drug-likeness (QED) is 0.630. The van der Waals surface area contributed by atoms with Crippen molar-refractivity contribution in [3.63, 3.8) is 0 Å². The van der Waals surface area contributed by atoms with Crippen LogP contribution in [0.4, 0.5) is 4.39 Å². The molecule has 0 bridgehead atoms. The molecule has 0 aliphatic heterocycles. The summed E-state index contributed by atoms with van der Waals surface area (Å²) >= 11 is 0. The third-order valence-corrected chi connectivity index (χ3v) is 6.07. The number of imidazole rings is 1. The summed E-state index contributed by atoms with van der Waals surface area (Å²) in [5, 5.41) is 0. The lowest BCUT2D eigenvalue weighted by atomic mass is 10.0. The van der Waals surface area contributed by atoms with Crippen LogP contribution in [-0.2, 0) is 16.4 Å². The molecule has 2 aromatic carbocycles. The summed E-state index contributed by atoms with van der Waals surface area (Å²) in [6.45, 7) is 1.80. The number of hydrogen-bond donors (Lipinski definition) is 1. The van der Waals surface area contributed by atoms with E-state index in [9.17, 15) is 17.6 Å². The molecule has 0 saturated carbocycles. The Morgan fingerprint density at radius 3 is 2.42 bits per heavy atom.